The average molecular weight is 249 g/mol. The van der Waals surface area contributed by atoms with Gasteiger partial charge in [-0.1, -0.05) is 6.42 Å². The van der Waals surface area contributed by atoms with E-state index in [2.05, 4.69) is 5.32 Å². The molecule has 0 saturated heterocycles. The van der Waals surface area contributed by atoms with Crippen LogP contribution in [0.25, 0.3) is 0 Å². The highest BCUT2D eigenvalue weighted by molar-refractivity contribution is 4.90. The van der Waals surface area contributed by atoms with Crippen LogP contribution in [-0.2, 0) is 0 Å². The minimum Gasteiger partial charge on any atom is -0.316 e. The highest BCUT2D eigenvalue weighted by atomic mass is 19.4. The van der Waals surface area contributed by atoms with E-state index in [9.17, 15) is 13.2 Å². The molecule has 0 heterocycles. The van der Waals surface area contributed by atoms with Crippen molar-refractivity contribution in [3.63, 3.8) is 0 Å². The van der Waals surface area contributed by atoms with Crippen LogP contribution < -0.4 is 5.32 Å². The molecule has 1 atom stereocenters. The van der Waals surface area contributed by atoms with Crippen molar-refractivity contribution in [2.75, 3.05) is 7.05 Å². The van der Waals surface area contributed by atoms with E-state index in [0.717, 1.165) is 12.8 Å². The molecular formula is C13H22F3N. The smallest absolute Gasteiger partial charge is 0.316 e. The van der Waals surface area contributed by atoms with Gasteiger partial charge in [-0.15, -0.1) is 0 Å². The Labute approximate surface area is 101 Å². The highest BCUT2D eigenvalue weighted by Gasteiger charge is 2.43. The first-order chi connectivity index (χ1) is 8.02. The maximum Gasteiger partial charge on any atom is 0.391 e. The molecule has 0 bridgehead atoms. The minimum atomic E-state index is -3.98. The molecule has 17 heavy (non-hydrogen) atoms. The number of hydrogen-bond donors (Lipinski definition) is 1. The molecular weight excluding hydrogens is 227 g/mol. The van der Waals surface area contributed by atoms with Crippen LogP contribution in [0.5, 0.6) is 0 Å². The fourth-order valence-electron chi connectivity index (χ4n) is 3.46. The molecule has 0 aromatic rings. The van der Waals surface area contributed by atoms with Crippen molar-refractivity contribution in [2.45, 2.75) is 57.2 Å². The van der Waals surface area contributed by atoms with Gasteiger partial charge in [0, 0.05) is 6.04 Å². The Balaban J connectivity index is 1.85. The summed E-state index contributed by atoms with van der Waals surface area (Å²) in [5.41, 5.74) is 0. The summed E-state index contributed by atoms with van der Waals surface area (Å²) in [5, 5.41) is 3.35. The van der Waals surface area contributed by atoms with Gasteiger partial charge in [-0.3, -0.25) is 0 Å². The van der Waals surface area contributed by atoms with Crippen molar-refractivity contribution in [1.29, 1.82) is 0 Å². The molecule has 0 amide bonds. The summed E-state index contributed by atoms with van der Waals surface area (Å²) in [7, 11) is 1.96. The summed E-state index contributed by atoms with van der Waals surface area (Å²) >= 11 is 0. The summed E-state index contributed by atoms with van der Waals surface area (Å²) < 4.78 is 37.7. The van der Waals surface area contributed by atoms with Gasteiger partial charge in [0.05, 0.1) is 5.92 Å². The van der Waals surface area contributed by atoms with Crippen LogP contribution in [0.15, 0.2) is 0 Å². The Hall–Kier alpha value is -0.250. The molecule has 2 fully saturated rings. The number of halogens is 3. The van der Waals surface area contributed by atoms with E-state index in [-0.39, 0.29) is 0 Å². The van der Waals surface area contributed by atoms with Gasteiger partial charge in [-0.05, 0) is 57.4 Å². The lowest BCUT2D eigenvalue weighted by Gasteiger charge is -2.41. The van der Waals surface area contributed by atoms with E-state index in [1.54, 1.807) is 0 Å². The molecule has 1 unspecified atom stereocenters. The van der Waals surface area contributed by atoms with Gasteiger partial charge in [0.1, 0.15) is 0 Å². The van der Waals surface area contributed by atoms with Crippen LogP contribution >= 0.6 is 0 Å². The van der Waals surface area contributed by atoms with Gasteiger partial charge in [0.15, 0.2) is 0 Å². The van der Waals surface area contributed by atoms with Crippen LogP contribution in [0.2, 0.25) is 0 Å². The highest BCUT2D eigenvalue weighted by Crippen LogP contribution is 2.43. The minimum absolute atomic E-state index is 0.332. The zero-order valence-electron chi connectivity index (χ0n) is 10.4. The van der Waals surface area contributed by atoms with Crippen LogP contribution in [-0.4, -0.2) is 19.3 Å². The second-order valence-corrected chi connectivity index (χ2v) is 5.66. The molecule has 100 valence electrons. The molecule has 2 aliphatic rings. The number of nitrogens with one attached hydrogen (secondary N) is 1. The third-order valence-electron chi connectivity index (χ3n) is 4.73. The van der Waals surface area contributed by atoms with Gasteiger partial charge < -0.3 is 5.32 Å². The summed E-state index contributed by atoms with van der Waals surface area (Å²) in [6.07, 6.45) is 1.98. The predicted octanol–water partition coefficient (Wildman–Crippen LogP) is 3.74. The topological polar surface area (TPSA) is 12.0 Å². The van der Waals surface area contributed by atoms with E-state index < -0.39 is 12.1 Å². The Bertz CT molecular complexity index is 240. The third-order valence-corrected chi connectivity index (χ3v) is 4.73. The van der Waals surface area contributed by atoms with Crippen molar-refractivity contribution >= 4 is 0 Å². The molecule has 2 aliphatic carbocycles. The van der Waals surface area contributed by atoms with Crippen LogP contribution in [0.1, 0.15) is 44.9 Å². The molecule has 4 heteroatoms. The lowest BCUT2D eigenvalue weighted by atomic mass is 9.69. The summed E-state index contributed by atoms with van der Waals surface area (Å²) in [4.78, 5) is 0. The van der Waals surface area contributed by atoms with Crippen LogP contribution in [0.4, 0.5) is 13.2 Å². The standard InChI is InChI=1S/C13H22F3N/c1-17-12(9-3-2-4-9)10-5-7-11(8-6-10)13(14,15)16/h9-12,17H,2-8H2,1H3. The second-order valence-electron chi connectivity index (χ2n) is 5.66. The van der Waals surface area contributed by atoms with Crippen molar-refractivity contribution in [2.24, 2.45) is 17.8 Å². The summed E-state index contributed by atoms with van der Waals surface area (Å²) in [6, 6.07) is 0.456. The quantitative estimate of drug-likeness (QED) is 0.803. The van der Waals surface area contributed by atoms with E-state index in [1.165, 1.54) is 19.3 Å². The average Bonchev–Trinajstić information content (AvgIpc) is 2.22. The maximum absolute atomic E-state index is 12.6. The Kier molecular flexibility index (Phi) is 4.01. The SMILES string of the molecule is CNC(C1CCC1)C1CCC(C(F)(F)F)CC1. The second kappa shape index (κ2) is 5.17. The predicted molar refractivity (Wildman–Crippen MR) is 61.7 cm³/mol. The third kappa shape index (κ3) is 2.95. The molecule has 0 spiro atoms. The summed E-state index contributed by atoms with van der Waals surface area (Å²) in [6.45, 7) is 0. The van der Waals surface area contributed by atoms with Gasteiger partial charge in [0.25, 0.3) is 0 Å². The number of hydrogen-bond acceptors (Lipinski definition) is 1. The zero-order valence-corrected chi connectivity index (χ0v) is 10.4. The normalized spacial score (nSPS) is 33.2. The first-order valence-electron chi connectivity index (χ1n) is 6.76. The van der Waals surface area contributed by atoms with E-state index in [0.29, 0.717) is 30.7 Å². The molecule has 1 N–H and O–H groups in total. The maximum atomic E-state index is 12.6. The van der Waals surface area contributed by atoms with E-state index >= 15 is 0 Å². The number of alkyl halides is 3. The lowest BCUT2D eigenvalue weighted by molar-refractivity contribution is -0.184. The zero-order chi connectivity index (χ0) is 12.5. The van der Waals surface area contributed by atoms with Gasteiger partial charge in [-0.2, -0.15) is 13.2 Å². The largest absolute Gasteiger partial charge is 0.391 e. The fourth-order valence-corrected chi connectivity index (χ4v) is 3.46. The molecule has 2 rings (SSSR count). The Morgan fingerprint density at radius 3 is 1.82 bits per heavy atom. The Morgan fingerprint density at radius 2 is 1.47 bits per heavy atom. The first-order valence-corrected chi connectivity index (χ1v) is 6.76. The van der Waals surface area contributed by atoms with Crippen molar-refractivity contribution in [3.05, 3.63) is 0 Å². The van der Waals surface area contributed by atoms with E-state index in [1.807, 2.05) is 7.05 Å². The van der Waals surface area contributed by atoms with Gasteiger partial charge >= 0.3 is 6.18 Å². The van der Waals surface area contributed by atoms with E-state index in [4.69, 9.17) is 0 Å². The molecule has 0 aromatic heterocycles. The number of rotatable bonds is 3. The van der Waals surface area contributed by atoms with Gasteiger partial charge in [-0.25, -0.2) is 0 Å². The Morgan fingerprint density at radius 1 is 0.941 bits per heavy atom. The van der Waals surface area contributed by atoms with Crippen molar-refractivity contribution < 1.29 is 13.2 Å². The molecule has 2 saturated carbocycles. The first kappa shape index (κ1) is 13.2. The molecule has 0 aromatic carbocycles. The van der Waals surface area contributed by atoms with Crippen LogP contribution in [0, 0.1) is 17.8 Å². The summed E-state index contributed by atoms with van der Waals surface area (Å²) in [5.74, 6) is 0.133. The van der Waals surface area contributed by atoms with Gasteiger partial charge in [0.2, 0.25) is 0 Å². The fraction of sp³-hybridized carbons (Fsp3) is 1.00. The molecule has 0 radical (unpaired) electrons. The van der Waals surface area contributed by atoms with Crippen LogP contribution in [0.3, 0.4) is 0 Å². The molecule has 0 aliphatic heterocycles. The van der Waals surface area contributed by atoms with Crippen molar-refractivity contribution in [3.8, 4) is 0 Å². The monoisotopic (exact) mass is 249 g/mol. The lowest BCUT2D eigenvalue weighted by Crippen LogP contribution is -2.45. The molecule has 1 nitrogen and oxygen atoms in total. The van der Waals surface area contributed by atoms with Crippen molar-refractivity contribution in [1.82, 2.24) is 5.32 Å².